The van der Waals surface area contributed by atoms with Gasteiger partial charge in [0.05, 0.1) is 12.6 Å². The van der Waals surface area contributed by atoms with Crippen molar-refractivity contribution < 1.29 is 9.47 Å². The van der Waals surface area contributed by atoms with Crippen LogP contribution in [-0.4, -0.2) is 12.9 Å². The van der Waals surface area contributed by atoms with Crippen LogP contribution in [0.1, 0.15) is 23.6 Å². The maximum absolute atomic E-state index is 6.03. The van der Waals surface area contributed by atoms with Crippen LogP contribution in [0, 0.1) is 12.8 Å². The van der Waals surface area contributed by atoms with E-state index in [2.05, 4.69) is 70.6 Å². The predicted molar refractivity (Wildman–Crippen MR) is 90.2 cm³/mol. The van der Waals surface area contributed by atoms with Crippen LogP contribution in [0.25, 0.3) is 0 Å². The Morgan fingerprint density at radius 2 is 1.95 bits per heavy atom. The fraction of sp³-hybridized carbons (Fsp3) is 0.333. The fourth-order valence-electron chi connectivity index (χ4n) is 3.31. The zero-order chi connectivity index (χ0) is 15.1. The third-order valence-electron chi connectivity index (χ3n) is 4.42. The molecule has 22 heavy (non-hydrogen) atoms. The molecule has 1 saturated heterocycles. The summed E-state index contributed by atoms with van der Waals surface area (Å²) in [5.41, 5.74) is 3.60. The first kappa shape index (κ1) is 14.1. The van der Waals surface area contributed by atoms with Gasteiger partial charge in [-0.1, -0.05) is 33.6 Å². The standard InChI is InChI=1S/C18H18BrNO2/c1-11-2-7-16-15(10-11)17(14-8-9-21-18(14)22-16)20-13-5-3-12(19)4-6-13/h2-7,10,14,17-18,20H,8-9H2,1H3/t14-,17+,18+/m1/s1. The zero-order valence-corrected chi connectivity index (χ0v) is 14.0. The molecule has 2 aromatic carbocycles. The normalized spacial score (nSPS) is 26.0. The van der Waals surface area contributed by atoms with Gasteiger partial charge in [0.1, 0.15) is 5.75 Å². The first-order valence-corrected chi connectivity index (χ1v) is 8.41. The Morgan fingerprint density at radius 3 is 2.77 bits per heavy atom. The van der Waals surface area contributed by atoms with Crippen LogP contribution in [0.2, 0.25) is 0 Å². The number of aryl methyl sites for hydroxylation is 1. The molecule has 0 amide bonds. The highest BCUT2D eigenvalue weighted by atomic mass is 79.9. The summed E-state index contributed by atoms with van der Waals surface area (Å²) in [5.74, 6) is 1.28. The number of ether oxygens (including phenoxy) is 2. The van der Waals surface area contributed by atoms with Crippen molar-refractivity contribution >= 4 is 21.6 Å². The Labute approximate surface area is 138 Å². The number of nitrogens with one attached hydrogen (secondary N) is 1. The number of hydrogen-bond donors (Lipinski definition) is 1. The molecule has 0 aromatic heterocycles. The van der Waals surface area contributed by atoms with E-state index in [-0.39, 0.29) is 12.3 Å². The molecule has 4 rings (SSSR count). The second-order valence-electron chi connectivity index (χ2n) is 5.98. The number of halogens is 1. The lowest BCUT2D eigenvalue weighted by atomic mass is 9.87. The molecule has 1 fully saturated rings. The van der Waals surface area contributed by atoms with Crippen LogP contribution >= 0.6 is 15.9 Å². The molecule has 0 bridgehead atoms. The maximum Gasteiger partial charge on any atom is 0.205 e. The van der Waals surface area contributed by atoms with E-state index in [0.29, 0.717) is 5.92 Å². The van der Waals surface area contributed by atoms with Crippen molar-refractivity contribution in [1.82, 2.24) is 0 Å². The molecule has 2 heterocycles. The van der Waals surface area contributed by atoms with Gasteiger partial charge in [0.15, 0.2) is 0 Å². The Hall–Kier alpha value is -1.52. The minimum absolute atomic E-state index is 0.136. The summed E-state index contributed by atoms with van der Waals surface area (Å²) in [6.07, 6.45) is 0.884. The van der Waals surface area contributed by atoms with Gasteiger partial charge < -0.3 is 14.8 Å². The molecule has 2 aromatic rings. The number of fused-ring (bicyclic) bond motifs is 2. The molecule has 1 N–H and O–H groups in total. The van der Waals surface area contributed by atoms with Crippen LogP contribution in [0.4, 0.5) is 5.69 Å². The largest absolute Gasteiger partial charge is 0.464 e. The van der Waals surface area contributed by atoms with E-state index in [1.807, 2.05) is 0 Å². The second-order valence-corrected chi connectivity index (χ2v) is 6.90. The van der Waals surface area contributed by atoms with Crippen molar-refractivity contribution in [3.63, 3.8) is 0 Å². The van der Waals surface area contributed by atoms with E-state index in [0.717, 1.165) is 28.9 Å². The monoisotopic (exact) mass is 359 g/mol. The molecular formula is C18H18BrNO2. The molecule has 0 spiro atoms. The van der Waals surface area contributed by atoms with E-state index < -0.39 is 0 Å². The summed E-state index contributed by atoms with van der Waals surface area (Å²) in [7, 11) is 0. The van der Waals surface area contributed by atoms with Crippen molar-refractivity contribution in [2.45, 2.75) is 25.7 Å². The molecule has 0 radical (unpaired) electrons. The summed E-state index contributed by atoms with van der Waals surface area (Å²) in [5, 5.41) is 3.68. The van der Waals surface area contributed by atoms with Crippen LogP contribution in [0.3, 0.4) is 0 Å². The Bertz CT molecular complexity index is 686. The maximum atomic E-state index is 6.03. The van der Waals surface area contributed by atoms with Crippen molar-refractivity contribution in [2.24, 2.45) is 5.92 Å². The summed E-state index contributed by atoms with van der Waals surface area (Å²) in [6, 6.07) is 14.9. The predicted octanol–water partition coefficient (Wildman–Crippen LogP) is 4.67. The molecule has 4 heteroatoms. The Morgan fingerprint density at radius 1 is 1.14 bits per heavy atom. The zero-order valence-electron chi connectivity index (χ0n) is 12.4. The lowest BCUT2D eigenvalue weighted by molar-refractivity contribution is -0.0748. The topological polar surface area (TPSA) is 30.5 Å². The van der Waals surface area contributed by atoms with E-state index in [4.69, 9.17) is 9.47 Å². The smallest absolute Gasteiger partial charge is 0.205 e. The van der Waals surface area contributed by atoms with Gasteiger partial charge >= 0.3 is 0 Å². The van der Waals surface area contributed by atoms with Crippen molar-refractivity contribution in [2.75, 3.05) is 11.9 Å². The molecule has 2 aliphatic heterocycles. The summed E-state index contributed by atoms with van der Waals surface area (Å²) >= 11 is 3.48. The van der Waals surface area contributed by atoms with Gasteiger partial charge in [0, 0.05) is 21.6 Å². The Kier molecular flexibility index (Phi) is 3.59. The molecule has 0 aliphatic carbocycles. The van der Waals surface area contributed by atoms with Gasteiger partial charge in [-0.2, -0.15) is 0 Å². The highest BCUT2D eigenvalue weighted by Gasteiger charge is 2.42. The van der Waals surface area contributed by atoms with Gasteiger partial charge in [-0.25, -0.2) is 0 Å². The Balaban J connectivity index is 1.71. The van der Waals surface area contributed by atoms with Crippen molar-refractivity contribution in [3.8, 4) is 5.75 Å². The van der Waals surface area contributed by atoms with E-state index >= 15 is 0 Å². The number of anilines is 1. The average molecular weight is 360 g/mol. The molecule has 0 unspecified atom stereocenters. The van der Waals surface area contributed by atoms with Gasteiger partial charge in [0.25, 0.3) is 0 Å². The number of benzene rings is 2. The second kappa shape index (κ2) is 5.60. The quantitative estimate of drug-likeness (QED) is 0.845. The van der Waals surface area contributed by atoms with E-state index in [1.165, 1.54) is 11.1 Å². The van der Waals surface area contributed by atoms with Gasteiger partial charge in [-0.3, -0.25) is 0 Å². The molecule has 3 nitrogen and oxygen atoms in total. The fourth-order valence-corrected chi connectivity index (χ4v) is 3.57. The SMILES string of the molecule is Cc1ccc2c(c1)[C@@H](Nc1ccc(Br)cc1)[C@H]1CCO[C@H]1O2. The summed E-state index contributed by atoms with van der Waals surface area (Å²) in [4.78, 5) is 0. The third kappa shape index (κ3) is 2.50. The number of hydrogen-bond acceptors (Lipinski definition) is 3. The first-order valence-electron chi connectivity index (χ1n) is 7.61. The van der Waals surface area contributed by atoms with Crippen LogP contribution in [0.5, 0.6) is 5.75 Å². The summed E-state index contributed by atoms with van der Waals surface area (Å²) in [6.45, 7) is 2.88. The van der Waals surface area contributed by atoms with Crippen molar-refractivity contribution in [1.29, 1.82) is 0 Å². The third-order valence-corrected chi connectivity index (χ3v) is 4.95. The average Bonchev–Trinajstić information content (AvgIpc) is 2.98. The highest BCUT2D eigenvalue weighted by molar-refractivity contribution is 9.10. The molecular weight excluding hydrogens is 342 g/mol. The summed E-state index contributed by atoms with van der Waals surface area (Å²) < 4.78 is 12.9. The first-order chi connectivity index (χ1) is 10.7. The van der Waals surface area contributed by atoms with Crippen LogP contribution in [-0.2, 0) is 4.74 Å². The molecule has 0 saturated carbocycles. The number of rotatable bonds is 2. The lowest BCUT2D eigenvalue weighted by Crippen LogP contribution is -2.36. The van der Waals surface area contributed by atoms with Crippen LogP contribution < -0.4 is 10.1 Å². The lowest BCUT2D eigenvalue weighted by Gasteiger charge is -2.36. The minimum atomic E-state index is -0.136. The van der Waals surface area contributed by atoms with Gasteiger partial charge in [-0.15, -0.1) is 0 Å². The molecule has 2 aliphatic rings. The highest BCUT2D eigenvalue weighted by Crippen LogP contribution is 2.45. The molecule has 3 atom stereocenters. The van der Waals surface area contributed by atoms with Crippen LogP contribution in [0.15, 0.2) is 46.9 Å². The van der Waals surface area contributed by atoms with Crippen molar-refractivity contribution in [3.05, 3.63) is 58.1 Å². The molecule has 114 valence electrons. The van der Waals surface area contributed by atoms with Gasteiger partial charge in [0.2, 0.25) is 6.29 Å². The van der Waals surface area contributed by atoms with E-state index in [9.17, 15) is 0 Å². The van der Waals surface area contributed by atoms with Gasteiger partial charge in [-0.05, 0) is 43.7 Å². The minimum Gasteiger partial charge on any atom is -0.464 e. The van der Waals surface area contributed by atoms with E-state index in [1.54, 1.807) is 0 Å².